The SMILES string of the molecule is Cc1sc(-n2c(C)nnc2NCc2cccnc2N)c(C(=N)c2ccc(Cl)cc2)c1C. The predicted octanol–water partition coefficient (Wildman–Crippen LogP) is 4.91. The molecule has 4 N–H and O–H groups in total. The fourth-order valence-corrected chi connectivity index (χ4v) is 4.65. The molecule has 0 saturated heterocycles. The van der Waals surface area contributed by atoms with E-state index >= 15 is 0 Å². The van der Waals surface area contributed by atoms with Gasteiger partial charge in [0, 0.05) is 39.3 Å². The molecule has 0 fully saturated rings. The van der Waals surface area contributed by atoms with Gasteiger partial charge in [0.25, 0.3) is 0 Å². The third-order valence-corrected chi connectivity index (χ3v) is 6.59. The second kappa shape index (κ2) is 8.49. The molecule has 31 heavy (non-hydrogen) atoms. The van der Waals surface area contributed by atoms with E-state index in [4.69, 9.17) is 22.7 Å². The van der Waals surface area contributed by atoms with E-state index in [0.29, 0.717) is 29.0 Å². The van der Waals surface area contributed by atoms with E-state index in [1.165, 1.54) is 0 Å². The Morgan fingerprint density at radius 2 is 1.90 bits per heavy atom. The monoisotopic (exact) mass is 451 g/mol. The number of rotatable bonds is 6. The van der Waals surface area contributed by atoms with Crippen molar-refractivity contribution in [1.29, 1.82) is 5.41 Å². The van der Waals surface area contributed by atoms with E-state index in [2.05, 4.69) is 27.4 Å². The highest BCUT2D eigenvalue weighted by Crippen LogP contribution is 2.35. The minimum atomic E-state index is 0.434. The number of aromatic nitrogens is 4. The highest BCUT2D eigenvalue weighted by atomic mass is 35.5. The summed E-state index contributed by atoms with van der Waals surface area (Å²) in [5, 5.41) is 22.4. The largest absolute Gasteiger partial charge is 0.383 e. The Morgan fingerprint density at radius 3 is 2.61 bits per heavy atom. The van der Waals surface area contributed by atoms with Crippen LogP contribution in [-0.2, 0) is 6.54 Å². The molecule has 4 aromatic rings. The Morgan fingerprint density at radius 1 is 1.16 bits per heavy atom. The third kappa shape index (κ3) is 4.04. The van der Waals surface area contributed by atoms with E-state index in [1.54, 1.807) is 29.7 Å². The van der Waals surface area contributed by atoms with E-state index in [-0.39, 0.29) is 0 Å². The van der Waals surface area contributed by atoms with Crippen LogP contribution in [0.2, 0.25) is 5.02 Å². The number of nitrogens with one attached hydrogen (secondary N) is 2. The zero-order chi connectivity index (χ0) is 22.1. The van der Waals surface area contributed by atoms with Gasteiger partial charge in [-0.1, -0.05) is 29.8 Å². The van der Waals surface area contributed by atoms with Gasteiger partial charge in [-0.05, 0) is 44.5 Å². The molecule has 7 nitrogen and oxygen atoms in total. The molecule has 4 rings (SSSR count). The van der Waals surface area contributed by atoms with Crippen molar-refractivity contribution in [3.8, 4) is 5.00 Å². The predicted molar refractivity (Wildman–Crippen MR) is 127 cm³/mol. The molecule has 3 heterocycles. The molecule has 0 atom stereocenters. The van der Waals surface area contributed by atoms with E-state index in [0.717, 1.165) is 38.0 Å². The van der Waals surface area contributed by atoms with Crippen LogP contribution in [0.5, 0.6) is 0 Å². The number of anilines is 2. The van der Waals surface area contributed by atoms with Gasteiger partial charge in [-0.15, -0.1) is 21.5 Å². The van der Waals surface area contributed by atoms with Crippen LogP contribution in [0.3, 0.4) is 0 Å². The molecule has 0 spiro atoms. The van der Waals surface area contributed by atoms with Gasteiger partial charge in [-0.3, -0.25) is 9.98 Å². The minimum absolute atomic E-state index is 0.434. The quantitative estimate of drug-likeness (QED) is 0.361. The number of hydrogen-bond donors (Lipinski definition) is 3. The second-order valence-corrected chi connectivity index (χ2v) is 8.79. The summed E-state index contributed by atoms with van der Waals surface area (Å²) in [7, 11) is 0. The Labute approximate surface area is 189 Å². The second-order valence-electron chi connectivity index (χ2n) is 7.15. The van der Waals surface area contributed by atoms with Gasteiger partial charge in [0.1, 0.15) is 16.6 Å². The lowest BCUT2D eigenvalue weighted by molar-refractivity contribution is 0.972. The molecular formula is C22H22ClN7S. The Hall–Kier alpha value is -3.23. The minimum Gasteiger partial charge on any atom is -0.383 e. The molecule has 0 aliphatic rings. The summed E-state index contributed by atoms with van der Waals surface area (Å²) in [6, 6.07) is 11.1. The molecule has 0 bridgehead atoms. The lowest BCUT2D eigenvalue weighted by atomic mass is 10.0. The lowest BCUT2D eigenvalue weighted by Gasteiger charge is -2.13. The summed E-state index contributed by atoms with van der Waals surface area (Å²) in [6.07, 6.45) is 1.66. The van der Waals surface area contributed by atoms with Crippen LogP contribution in [0.4, 0.5) is 11.8 Å². The molecular weight excluding hydrogens is 430 g/mol. The molecule has 0 saturated carbocycles. The number of aryl methyl sites for hydroxylation is 2. The third-order valence-electron chi connectivity index (χ3n) is 5.14. The van der Waals surface area contributed by atoms with Gasteiger partial charge in [-0.25, -0.2) is 4.98 Å². The van der Waals surface area contributed by atoms with Crippen LogP contribution in [0, 0.1) is 26.2 Å². The standard InChI is InChI=1S/C22H22ClN7S/c1-12-13(2)31-21(18(12)19(24)15-6-8-17(23)9-7-15)30-14(3)28-29-22(30)27-11-16-5-4-10-26-20(16)25/h4-10,24H,11H2,1-3H3,(H2,25,26)(H,27,29). The van der Waals surface area contributed by atoms with Crippen molar-refractivity contribution in [2.75, 3.05) is 11.1 Å². The van der Waals surface area contributed by atoms with Crippen LogP contribution >= 0.6 is 22.9 Å². The molecule has 1 aromatic carbocycles. The summed E-state index contributed by atoms with van der Waals surface area (Å²) in [4.78, 5) is 5.27. The zero-order valence-electron chi connectivity index (χ0n) is 17.4. The number of nitrogens with zero attached hydrogens (tertiary/aromatic N) is 4. The number of nitrogen functional groups attached to an aromatic ring is 1. The first-order chi connectivity index (χ1) is 14.9. The fraction of sp³-hybridized carbons (Fsp3) is 0.182. The first-order valence-electron chi connectivity index (χ1n) is 9.67. The lowest BCUT2D eigenvalue weighted by Crippen LogP contribution is -2.11. The maximum atomic E-state index is 8.91. The molecule has 158 valence electrons. The number of nitrogens with two attached hydrogens (primary N) is 1. The highest BCUT2D eigenvalue weighted by Gasteiger charge is 2.23. The van der Waals surface area contributed by atoms with E-state index in [1.807, 2.05) is 42.7 Å². The summed E-state index contributed by atoms with van der Waals surface area (Å²) in [5.74, 6) is 1.80. The summed E-state index contributed by atoms with van der Waals surface area (Å²) < 4.78 is 1.96. The van der Waals surface area contributed by atoms with Gasteiger partial charge in [-0.2, -0.15) is 0 Å². The van der Waals surface area contributed by atoms with Crippen LogP contribution in [0.25, 0.3) is 5.00 Å². The van der Waals surface area contributed by atoms with Crippen molar-refractivity contribution in [3.63, 3.8) is 0 Å². The van der Waals surface area contributed by atoms with Crippen molar-refractivity contribution in [2.45, 2.75) is 27.3 Å². The normalized spacial score (nSPS) is 11.0. The Bertz CT molecular complexity index is 1260. The van der Waals surface area contributed by atoms with Crippen LogP contribution in [0.15, 0.2) is 42.6 Å². The summed E-state index contributed by atoms with van der Waals surface area (Å²) >= 11 is 7.65. The molecule has 0 unspecified atom stereocenters. The Kier molecular flexibility index (Phi) is 5.75. The van der Waals surface area contributed by atoms with Crippen molar-refractivity contribution in [2.24, 2.45) is 0 Å². The average Bonchev–Trinajstić information content (AvgIpc) is 3.26. The molecule has 0 aliphatic carbocycles. The average molecular weight is 452 g/mol. The Balaban J connectivity index is 1.75. The first-order valence-corrected chi connectivity index (χ1v) is 10.9. The summed E-state index contributed by atoms with van der Waals surface area (Å²) in [6.45, 7) is 6.46. The molecule has 0 aliphatic heterocycles. The topological polar surface area (TPSA) is 106 Å². The van der Waals surface area contributed by atoms with E-state index < -0.39 is 0 Å². The first kappa shape index (κ1) is 21.0. The van der Waals surface area contributed by atoms with Crippen molar-refractivity contribution >= 4 is 40.4 Å². The van der Waals surface area contributed by atoms with Crippen LogP contribution < -0.4 is 11.1 Å². The molecule has 9 heteroatoms. The van der Waals surface area contributed by atoms with Gasteiger partial charge in [0.2, 0.25) is 5.95 Å². The number of halogens is 1. The van der Waals surface area contributed by atoms with Crippen molar-refractivity contribution in [1.82, 2.24) is 19.7 Å². The van der Waals surface area contributed by atoms with Crippen molar-refractivity contribution < 1.29 is 0 Å². The van der Waals surface area contributed by atoms with Crippen LogP contribution in [-0.4, -0.2) is 25.5 Å². The number of hydrogen-bond acceptors (Lipinski definition) is 7. The number of pyridine rings is 1. The molecule has 3 aromatic heterocycles. The maximum absolute atomic E-state index is 8.91. The van der Waals surface area contributed by atoms with E-state index in [9.17, 15) is 0 Å². The highest BCUT2D eigenvalue weighted by molar-refractivity contribution is 7.15. The zero-order valence-corrected chi connectivity index (χ0v) is 19.0. The van der Waals surface area contributed by atoms with Crippen molar-refractivity contribution in [3.05, 3.63) is 80.6 Å². The van der Waals surface area contributed by atoms with Gasteiger partial charge in [0.15, 0.2) is 0 Å². The maximum Gasteiger partial charge on any atom is 0.230 e. The number of benzene rings is 1. The number of thiophene rings is 1. The van der Waals surface area contributed by atoms with Crippen LogP contribution in [0.1, 0.15) is 33.0 Å². The van der Waals surface area contributed by atoms with Gasteiger partial charge >= 0.3 is 0 Å². The molecule has 0 radical (unpaired) electrons. The van der Waals surface area contributed by atoms with Gasteiger partial charge in [0.05, 0.1) is 5.71 Å². The summed E-state index contributed by atoms with van der Waals surface area (Å²) in [5.41, 5.74) is 10.0. The van der Waals surface area contributed by atoms with Gasteiger partial charge < -0.3 is 11.1 Å². The smallest absolute Gasteiger partial charge is 0.230 e. The fourth-order valence-electron chi connectivity index (χ4n) is 3.32. The molecule has 0 amide bonds.